The number of hydrogen-bond donors (Lipinski definition) is 2. The van der Waals surface area contributed by atoms with Crippen molar-refractivity contribution in [2.24, 2.45) is 0 Å². The van der Waals surface area contributed by atoms with Gasteiger partial charge in [0.25, 0.3) is 0 Å². The summed E-state index contributed by atoms with van der Waals surface area (Å²) in [5.41, 5.74) is -1.84. The minimum atomic E-state index is -4.69. The molecule has 3 aromatic rings. The first-order valence-electron chi connectivity index (χ1n) is 10.5. The molecule has 0 atom stereocenters. The molecule has 0 unspecified atom stereocenters. The van der Waals surface area contributed by atoms with E-state index < -0.39 is 23.2 Å². The number of carbonyl (C=O) groups excluding carboxylic acids is 1. The number of carbonyl (C=O) groups is 1. The summed E-state index contributed by atoms with van der Waals surface area (Å²) in [6.07, 6.45) is -3.38. The molecule has 0 fully saturated rings. The maximum atomic E-state index is 13.8. The number of ether oxygens (including phenoxy) is 2. The molecule has 9 nitrogen and oxygen atoms in total. The van der Waals surface area contributed by atoms with Gasteiger partial charge in [-0.1, -0.05) is 20.8 Å². The highest BCUT2D eigenvalue weighted by atomic mass is 32.1. The molecule has 2 N–H and O–H groups in total. The Morgan fingerprint density at radius 1 is 1.17 bits per heavy atom. The van der Waals surface area contributed by atoms with Crippen LogP contribution in [0.15, 0.2) is 24.5 Å². The largest absolute Gasteiger partial charge is 0.491 e. The SMILES string of the molecule is COC(=O)Nc1c(Nc2nc(-c3cc(OC(C)C)ccn3)ns2)ncc(C(F)(F)F)c1C(C)(C)C. The Bertz CT molecular complexity index is 1210. The summed E-state index contributed by atoms with van der Waals surface area (Å²) in [7, 11) is 1.11. The van der Waals surface area contributed by atoms with Crippen LogP contribution in [0.3, 0.4) is 0 Å². The zero-order chi connectivity index (χ0) is 26.0. The molecule has 0 bridgehead atoms. The van der Waals surface area contributed by atoms with E-state index in [0.29, 0.717) is 11.4 Å². The van der Waals surface area contributed by atoms with E-state index in [1.165, 1.54) is 0 Å². The molecule has 3 heterocycles. The van der Waals surface area contributed by atoms with Crippen LogP contribution >= 0.6 is 11.5 Å². The summed E-state index contributed by atoms with van der Waals surface area (Å²) in [5, 5.41) is 5.47. The summed E-state index contributed by atoms with van der Waals surface area (Å²) in [6.45, 7) is 8.60. The van der Waals surface area contributed by atoms with Gasteiger partial charge in [-0.15, -0.1) is 0 Å². The van der Waals surface area contributed by atoms with Gasteiger partial charge in [0.2, 0.25) is 5.13 Å². The second-order valence-electron chi connectivity index (χ2n) is 8.73. The average Bonchev–Trinajstić information content (AvgIpc) is 3.21. The molecule has 0 aliphatic heterocycles. The number of pyridine rings is 2. The van der Waals surface area contributed by atoms with Gasteiger partial charge in [-0.05, 0) is 30.9 Å². The van der Waals surface area contributed by atoms with E-state index in [1.807, 2.05) is 13.8 Å². The van der Waals surface area contributed by atoms with E-state index in [9.17, 15) is 18.0 Å². The summed E-state index contributed by atoms with van der Waals surface area (Å²) in [5.74, 6) is 0.844. The standard InChI is InChI=1S/C22H25F3N6O3S/c1-11(2)34-12-7-8-26-14(9-12)17-29-19(35-31-17)30-18-16(28-20(32)33-6)15(21(3,4)5)13(10-27-18)22(23,24)25/h7-11H,1-6H3,(H,28,32)(H,27,29,30,31). The van der Waals surface area contributed by atoms with Gasteiger partial charge in [0.1, 0.15) is 11.4 Å². The number of nitrogens with zero attached hydrogens (tertiary/aromatic N) is 4. The third kappa shape index (κ3) is 6.35. The fourth-order valence-corrected chi connectivity index (χ4v) is 3.81. The molecule has 0 radical (unpaired) electrons. The van der Waals surface area contributed by atoms with Gasteiger partial charge in [-0.2, -0.15) is 22.5 Å². The molecule has 0 aromatic carbocycles. The highest BCUT2D eigenvalue weighted by Gasteiger charge is 2.40. The first-order valence-corrected chi connectivity index (χ1v) is 11.3. The Morgan fingerprint density at radius 3 is 2.49 bits per heavy atom. The third-order valence-electron chi connectivity index (χ3n) is 4.53. The Kier molecular flexibility index (Phi) is 7.48. The van der Waals surface area contributed by atoms with E-state index >= 15 is 0 Å². The number of aromatic nitrogens is 4. The maximum absolute atomic E-state index is 13.8. The van der Waals surface area contributed by atoms with Gasteiger partial charge >= 0.3 is 12.3 Å². The van der Waals surface area contributed by atoms with Crippen LogP contribution in [0.4, 0.5) is 34.6 Å². The van der Waals surface area contributed by atoms with Crippen LogP contribution in [0, 0.1) is 0 Å². The van der Waals surface area contributed by atoms with Gasteiger partial charge < -0.3 is 14.8 Å². The van der Waals surface area contributed by atoms with E-state index in [-0.39, 0.29) is 34.1 Å². The molecule has 0 aliphatic carbocycles. The molecule has 0 saturated carbocycles. The smallest absolute Gasteiger partial charge is 0.418 e. The van der Waals surface area contributed by atoms with Crippen molar-refractivity contribution in [2.75, 3.05) is 17.7 Å². The van der Waals surface area contributed by atoms with Gasteiger partial charge in [-0.25, -0.2) is 9.78 Å². The summed E-state index contributed by atoms with van der Waals surface area (Å²) < 4.78 is 55.9. The molecule has 1 amide bonds. The molecule has 0 saturated heterocycles. The van der Waals surface area contributed by atoms with E-state index in [0.717, 1.165) is 24.8 Å². The minimum absolute atomic E-state index is 0.0330. The summed E-state index contributed by atoms with van der Waals surface area (Å²) >= 11 is 0.956. The van der Waals surface area contributed by atoms with E-state index in [4.69, 9.17) is 4.74 Å². The lowest BCUT2D eigenvalue weighted by molar-refractivity contribution is -0.138. The number of anilines is 3. The van der Waals surface area contributed by atoms with Crippen molar-refractivity contribution >= 4 is 34.3 Å². The van der Waals surface area contributed by atoms with Gasteiger partial charge in [0.15, 0.2) is 11.6 Å². The molecule has 3 rings (SSSR count). The zero-order valence-corrected chi connectivity index (χ0v) is 20.8. The van der Waals surface area contributed by atoms with Crippen LogP contribution in [0.25, 0.3) is 11.5 Å². The van der Waals surface area contributed by atoms with Crippen molar-refractivity contribution in [1.82, 2.24) is 19.3 Å². The molecule has 3 aromatic heterocycles. The van der Waals surface area contributed by atoms with Crippen molar-refractivity contribution in [3.63, 3.8) is 0 Å². The number of hydrogen-bond acceptors (Lipinski definition) is 9. The van der Waals surface area contributed by atoms with Crippen LogP contribution in [-0.4, -0.2) is 38.6 Å². The van der Waals surface area contributed by atoms with Crippen molar-refractivity contribution in [2.45, 2.75) is 52.3 Å². The first kappa shape index (κ1) is 26.1. The Labute approximate surface area is 204 Å². The van der Waals surface area contributed by atoms with Crippen LogP contribution in [0.1, 0.15) is 45.7 Å². The number of nitrogens with one attached hydrogen (secondary N) is 2. The quantitative estimate of drug-likeness (QED) is 0.414. The molecule has 35 heavy (non-hydrogen) atoms. The second kappa shape index (κ2) is 10.0. The van der Waals surface area contributed by atoms with Crippen LogP contribution in [0.2, 0.25) is 0 Å². The number of methoxy groups -OCH3 is 1. The van der Waals surface area contributed by atoms with Gasteiger partial charge in [0.05, 0.1) is 24.5 Å². The lowest BCUT2D eigenvalue weighted by atomic mass is 9.83. The molecular formula is C22H25F3N6O3S. The maximum Gasteiger partial charge on any atom is 0.418 e. The van der Waals surface area contributed by atoms with Crippen molar-refractivity contribution in [3.05, 3.63) is 35.7 Å². The van der Waals surface area contributed by atoms with Crippen LogP contribution in [0.5, 0.6) is 5.75 Å². The molecule has 0 spiro atoms. The average molecular weight is 511 g/mol. The third-order valence-corrected chi connectivity index (χ3v) is 5.16. The van der Waals surface area contributed by atoms with Crippen molar-refractivity contribution in [3.8, 4) is 17.3 Å². The van der Waals surface area contributed by atoms with E-state index in [2.05, 4.69) is 34.7 Å². The van der Waals surface area contributed by atoms with Gasteiger partial charge in [0, 0.05) is 30.0 Å². The normalized spacial score (nSPS) is 11.9. The van der Waals surface area contributed by atoms with Crippen LogP contribution < -0.4 is 15.4 Å². The Morgan fingerprint density at radius 2 is 1.89 bits per heavy atom. The minimum Gasteiger partial charge on any atom is -0.491 e. The molecule has 188 valence electrons. The Balaban J connectivity index is 2.03. The number of halogens is 3. The first-order chi connectivity index (χ1) is 16.3. The monoisotopic (exact) mass is 510 g/mol. The molecule has 13 heteroatoms. The predicted octanol–water partition coefficient (Wildman–Crippen LogP) is 6.02. The van der Waals surface area contributed by atoms with Crippen LogP contribution in [-0.2, 0) is 16.3 Å². The number of alkyl halides is 3. The van der Waals surface area contributed by atoms with Crippen molar-refractivity contribution < 1.29 is 27.4 Å². The fraction of sp³-hybridized carbons (Fsp3) is 0.409. The van der Waals surface area contributed by atoms with E-state index in [1.54, 1.807) is 39.1 Å². The number of amides is 1. The van der Waals surface area contributed by atoms with Gasteiger partial charge in [-0.3, -0.25) is 10.3 Å². The topological polar surface area (TPSA) is 111 Å². The van der Waals surface area contributed by atoms with Crippen molar-refractivity contribution in [1.29, 1.82) is 0 Å². The second-order valence-corrected chi connectivity index (χ2v) is 9.48. The fourth-order valence-electron chi connectivity index (χ4n) is 3.23. The highest BCUT2D eigenvalue weighted by molar-refractivity contribution is 7.09. The lowest BCUT2D eigenvalue weighted by Gasteiger charge is -2.28. The predicted molar refractivity (Wildman–Crippen MR) is 126 cm³/mol. The number of rotatable bonds is 6. The summed E-state index contributed by atoms with van der Waals surface area (Å²) in [6, 6.07) is 3.39. The molecule has 0 aliphatic rings. The highest BCUT2D eigenvalue weighted by Crippen LogP contribution is 2.44. The Hall–Kier alpha value is -3.48. The molecular weight excluding hydrogens is 485 g/mol. The summed E-state index contributed by atoms with van der Waals surface area (Å²) in [4.78, 5) is 24.6. The zero-order valence-electron chi connectivity index (χ0n) is 19.9. The lowest BCUT2D eigenvalue weighted by Crippen LogP contribution is -2.25.